The summed E-state index contributed by atoms with van der Waals surface area (Å²) >= 11 is 1.09. The summed E-state index contributed by atoms with van der Waals surface area (Å²) in [5, 5.41) is 15.8. The van der Waals surface area contributed by atoms with E-state index in [1.165, 1.54) is 35.6 Å². The average Bonchev–Trinajstić information content (AvgIpc) is 3.08. The summed E-state index contributed by atoms with van der Waals surface area (Å²) in [7, 11) is 0. The normalized spacial score (nSPS) is 26.6. The summed E-state index contributed by atoms with van der Waals surface area (Å²) < 4.78 is 40.8. The Kier molecular flexibility index (Phi) is 4.29. The van der Waals surface area contributed by atoms with Gasteiger partial charge >= 0.3 is 12.2 Å². The van der Waals surface area contributed by atoms with Crippen molar-refractivity contribution in [2.24, 2.45) is 5.92 Å². The first kappa shape index (κ1) is 17.4. The maximum absolute atomic E-state index is 13.6. The number of nitrogens with one attached hydrogen (secondary N) is 2. The summed E-state index contributed by atoms with van der Waals surface area (Å²) in [6.07, 6.45) is -5.24. The lowest BCUT2D eigenvalue weighted by molar-refractivity contribution is -0.287. The molecule has 1 aromatic carbocycles. The molecule has 0 radical (unpaired) electrons. The standard InChI is InChI=1S/C16H13F3N2O3S/c17-16(18,19)15(24)11(13(22)9-5-2-1-3-6-9)12(20-14(23)21-15)10-7-4-8-25-10/h1-8,11-12,24H,(H2,20,21,23)/t11-,12-,15+/m0/s1. The second-order valence-corrected chi connectivity index (χ2v) is 6.54. The highest BCUT2D eigenvalue weighted by Gasteiger charge is 2.66. The molecule has 1 aromatic heterocycles. The van der Waals surface area contributed by atoms with Crippen LogP contribution in [-0.2, 0) is 0 Å². The van der Waals surface area contributed by atoms with Gasteiger partial charge in [0.05, 0.1) is 6.04 Å². The van der Waals surface area contributed by atoms with Gasteiger partial charge in [0.1, 0.15) is 5.92 Å². The van der Waals surface area contributed by atoms with E-state index in [1.54, 1.807) is 17.5 Å². The number of rotatable bonds is 3. The van der Waals surface area contributed by atoms with E-state index in [0.29, 0.717) is 4.88 Å². The first-order chi connectivity index (χ1) is 11.7. The first-order valence-corrected chi connectivity index (χ1v) is 8.12. The van der Waals surface area contributed by atoms with E-state index < -0.39 is 35.7 Å². The van der Waals surface area contributed by atoms with Gasteiger partial charge in [0.15, 0.2) is 5.78 Å². The first-order valence-electron chi connectivity index (χ1n) is 7.24. The van der Waals surface area contributed by atoms with Crippen molar-refractivity contribution in [3.8, 4) is 0 Å². The smallest absolute Gasteiger partial charge is 0.363 e. The van der Waals surface area contributed by atoms with Crippen molar-refractivity contribution < 1.29 is 27.9 Å². The van der Waals surface area contributed by atoms with Gasteiger partial charge in [-0.05, 0) is 11.4 Å². The number of Topliss-reactive ketones (excluding diaryl/α,β-unsaturated/α-hetero) is 1. The van der Waals surface area contributed by atoms with Crippen LogP contribution in [0.25, 0.3) is 0 Å². The van der Waals surface area contributed by atoms with E-state index in [1.807, 2.05) is 0 Å². The van der Waals surface area contributed by atoms with Gasteiger partial charge in [-0.15, -0.1) is 11.3 Å². The zero-order valence-corrected chi connectivity index (χ0v) is 13.4. The van der Waals surface area contributed by atoms with Gasteiger partial charge in [-0.25, -0.2) is 4.79 Å². The Bertz CT molecular complexity index is 780. The molecule has 2 heterocycles. The molecule has 0 aliphatic carbocycles. The highest BCUT2D eigenvalue weighted by Crippen LogP contribution is 2.44. The van der Waals surface area contributed by atoms with Crippen LogP contribution >= 0.6 is 11.3 Å². The number of ketones is 1. The molecular weight excluding hydrogens is 357 g/mol. The third-order valence-electron chi connectivity index (χ3n) is 4.00. The Hall–Kier alpha value is -2.39. The van der Waals surface area contributed by atoms with Crippen LogP contribution < -0.4 is 10.6 Å². The zero-order chi connectivity index (χ0) is 18.2. The molecule has 9 heteroatoms. The number of thiophene rings is 1. The number of halogens is 3. The van der Waals surface area contributed by atoms with Gasteiger partial charge in [0, 0.05) is 10.4 Å². The van der Waals surface area contributed by atoms with Gasteiger partial charge in [-0.1, -0.05) is 36.4 Å². The lowest BCUT2D eigenvalue weighted by atomic mass is 9.79. The summed E-state index contributed by atoms with van der Waals surface area (Å²) in [6, 6.07) is 7.94. The fraction of sp³-hybridized carbons (Fsp3) is 0.250. The second kappa shape index (κ2) is 6.16. The van der Waals surface area contributed by atoms with E-state index >= 15 is 0 Å². The van der Waals surface area contributed by atoms with Crippen LogP contribution in [0.1, 0.15) is 21.3 Å². The van der Waals surface area contributed by atoms with Gasteiger partial charge < -0.3 is 15.7 Å². The van der Waals surface area contributed by atoms with Crippen molar-refractivity contribution in [3.63, 3.8) is 0 Å². The number of hydrogen-bond donors (Lipinski definition) is 3. The Labute approximate surface area is 144 Å². The molecule has 3 rings (SSSR count). The Morgan fingerprint density at radius 2 is 1.84 bits per heavy atom. The van der Waals surface area contributed by atoms with Crippen LogP contribution in [0.15, 0.2) is 47.8 Å². The molecule has 25 heavy (non-hydrogen) atoms. The molecular formula is C16H13F3N2O3S. The maximum Gasteiger partial charge on any atom is 0.437 e. The zero-order valence-electron chi connectivity index (χ0n) is 12.6. The number of carbonyl (C=O) groups excluding carboxylic acids is 2. The minimum atomic E-state index is -5.24. The summed E-state index contributed by atoms with van der Waals surface area (Å²) in [4.78, 5) is 24.9. The minimum Gasteiger partial charge on any atom is -0.363 e. The van der Waals surface area contributed by atoms with Gasteiger partial charge in [0.2, 0.25) is 5.72 Å². The minimum absolute atomic E-state index is 0.00896. The SMILES string of the molecule is O=C1N[C@@H](c2cccs2)[C@@H](C(=O)c2ccccc2)[C@@](O)(C(F)(F)F)N1. The molecule has 1 aliphatic rings. The topological polar surface area (TPSA) is 78.4 Å². The third kappa shape index (κ3) is 3.00. The monoisotopic (exact) mass is 370 g/mol. The third-order valence-corrected chi connectivity index (χ3v) is 4.95. The average molecular weight is 370 g/mol. The maximum atomic E-state index is 13.6. The quantitative estimate of drug-likeness (QED) is 0.727. The Morgan fingerprint density at radius 3 is 2.40 bits per heavy atom. The molecule has 5 nitrogen and oxygen atoms in total. The molecule has 3 atom stereocenters. The van der Waals surface area contributed by atoms with E-state index in [2.05, 4.69) is 5.32 Å². The van der Waals surface area contributed by atoms with Crippen LogP contribution in [-0.4, -0.2) is 28.8 Å². The van der Waals surface area contributed by atoms with E-state index in [0.717, 1.165) is 11.3 Å². The highest BCUT2D eigenvalue weighted by molar-refractivity contribution is 7.10. The van der Waals surface area contributed by atoms with Crippen LogP contribution in [0.3, 0.4) is 0 Å². The predicted octanol–water partition coefficient (Wildman–Crippen LogP) is 2.85. The molecule has 0 spiro atoms. The summed E-state index contributed by atoms with van der Waals surface area (Å²) in [6.45, 7) is 0. The number of hydrogen-bond acceptors (Lipinski definition) is 4. The number of aliphatic hydroxyl groups is 1. The molecule has 1 aliphatic heterocycles. The molecule has 1 fully saturated rings. The number of alkyl halides is 3. The van der Waals surface area contributed by atoms with Crippen LogP contribution in [0, 0.1) is 5.92 Å². The van der Waals surface area contributed by atoms with Crippen molar-refractivity contribution in [1.82, 2.24) is 10.6 Å². The predicted molar refractivity (Wildman–Crippen MR) is 84.0 cm³/mol. The van der Waals surface area contributed by atoms with Gasteiger partial charge in [-0.2, -0.15) is 13.2 Å². The number of amides is 2. The van der Waals surface area contributed by atoms with E-state index in [4.69, 9.17) is 0 Å². The number of carbonyl (C=O) groups is 2. The summed E-state index contributed by atoms with van der Waals surface area (Å²) in [5.74, 6) is -2.91. The van der Waals surface area contributed by atoms with Gasteiger partial charge in [0.25, 0.3) is 0 Å². The molecule has 3 N–H and O–H groups in total. The molecule has 2 amide bonds. The van der Waals surface area contributed by atoms with Gasteiger partial charge in [-0.3, -0.25) is 4.79 Å². The fourth-order valence-electron chi connectivity index (χ4n) is 2.83. The largest absolute Gasteiger partial charge is 0.437 e. The van der Waals surface area contributed by atoms with Crippen LogP contribution in [0.2, 0.25) is 0 Å². The van der Waals surface area contributed by atoms with Crippen molar-refractivity contribution in [2.45, 2.75) is 17.9 Å². The molecule has 1 saturated heterocycles. The molecule has 0 unspecified atom stereocenters. The fourth-order valence-corrected chi connectivity index (χ4v) is 3.64. The molecule has 0 bridgehead atoms. The van der Waals surface area contributed by atoms with E-state index in [-0.39, 0.29) is 5.56 Å². The molecule has 2 aromatic rings. The van der Waals surface area contributed by atoms with Crippen molar-refractivity contribution >= 4 is 23.2 Å². The van der Waals surface area contributed by atoms with Crippen LogP contribution in [0.4, 0.5) is 18.0 Å². The van der Waals surface area contributed by atoms with Crippen molar-refractivity contribution in [2.75, 3.05) is 0 Å². The molecule has 132 valence electrons. The molecule has 0 saturated carbocycles. The lowest BCUT2D eigenvalue weighted by Gasteiger charge is -2.44. The van der Waals surface area contributed by atoms with E-state index in [9.17, 15) is 27.9 Å². The highest BCUT2D eigenvalue weighted by atomic mass is 32.1. The Balaban J connectivity index is 2.14. The number of benzene rings is 1. The Morgan fingerprint density at radius 1 is 1.16 bits per heavy atom. The van der Waals surface area contributed by atoms with Crippen molar-refractivity contribution in [1.29, 1.82) is 0 Å². The van der Waals surface area contributed by atoms with Crippen LogP contribution in [0.5, 0.6) is 0 Å². The number of urea groups is 1. The lowest BCUT2D eigenvalue weighted by Crippen LogP contribution is -2.72. The summed E-state index contributed by atoms with van der Waals surface area (Å²) in [5.41, 5.74) is -3.67. The van der Waals surface area contributed by atoms with Crippen molar-refractivity contribution in [3.05, 3.63) is 58.3 Å². The second-order valence-electron chi connectivity index (χ2n) is 5.56.